The van der Waals surface area contributed by atoms with E-state index in [9.17, 15) is 53.9 Å². The van der Waals surface area contributed by atoms with Gasteiger partial charge in [0.15, 0.2) is 17.6 Å². The van der Waals surface area contributed by atoms with Crippen molar-refractivity contribution in [3.05, 3.63) is 141 Å². The van der Waals surface area contributed by atoms with Crippen molar-refractivity contribution < 1.29 is 62.9 Å². The van der Waals surface area contributed by atoms with Crippen LogP contribution in [0.5, 0.6) is 17.2 Å². The first kappa shape index (κ1) is 48.2. The van der Waals surface area contributed by atoms with Crippen LogP contribution >= 0.6 is 0 Å². The number of nitro groups is 1. The molecular formula is C45H43N7O14. The van der Waals surface area contributed by atoms with E-state index >= 15 is 0 Å². The Kier molecular flexibility index (Phi) is 15.7. The number of carboxylic acids is 1. The van der Waals surface area contributed by atoms with Gasteiger partial charge in [-0.25, -0.2) is 4.79 Å². The third-order valence-corrected chi connectivity index (χ3v) is 9.32. The van der Waals surface area contributed by atoms with Crippen molar-refractivity contribution in [2.24, 2.45) is 5.73 Å². The molecule has 21 heteroatoms. The highest BCUT2D eigenvalue weighted by Crippen LogP contribution is 2.39. The monoisotopic (exact) mass is 905 g/mol. The number of phenolic OH excluding ortho intramolecular Hbond substituents is 1. The van der Waals surface area contributed by atoms with Crippen molar-refractivity contribution in [1.82, 2.24) is 5.32 Å². The summed E-state index contributed by atoms with van der Waals surface area (Å²) in [6.07, 6.45) is -2.15. The highest BCUT2D eigenvalue weighted by atomic mass is 16.6. The fourth-order valence-corrected chi connectivity index (χ4v) is 6.10. The SMILES string of the molecule is CCOc1cc(C(=O)O)ccc1NC(=O)c1ccc(NC(=O)c2ccc(NC(=O)C(OC)C(NC(=O)c3ccc(NC(=O)c4ccc([N+](=O)[O-])cc4)cc3)C(N)=O)cc2)c(OC(C)C)c1O. The molecule has 0 radical (unpaired) electrons. The van der Waals surface area contributed by atoms with Crippen molar-refractivity contribution in [3.63, 3.8) is 0 Å². The van der Waals surface area contributed by atoms with E-state index in [0.717, 1.165) is 7.11 Å². The number of anilines is 4. The van der Waals surface area contributed by atoms with Crippen LogP contribution in [0.3, 0.4) is 0 Å². The summed E-state index contributed by atoms with van der Waals surface area (Å²) >= 11 is 0. The van der Waals surface area contributed by atoms with Crippen LogP contribution < -0.4 is 41.8 Å². The van der Waals surface area contributed by atoms with Crippen molar-refractivity contribution in [2.75, 3.05) is 35.0 Å². The summed E-state index contributed by atoms with van der Waals surface area (Å²) in [7, 11) is 1.12. The molecule has 9 N–H and O–H groups in total. The van der Waals surface area contributed by atoms with E-state index in [4.69, 9.17) is 19.9 Å². The van der Waals surface area contributed by atoms with E-state index in [0.29, 0.717) is 0 Å². The lowest BCUT2D eigenvalue weighted by atomic mass is 10.1. The lowest BCUT2D eigenvalue weighted by Crippen LogP contribution is -2.56. The van der Waals surface area contributed by atoms with Gasteiger partial charge in [0.05, 0.1) is 40.1 Å². The summed E-state index contributed by atoms with van der Waals surface area (Å²) in [5, 5.41) is 44.2. The smallest absolute Gasteiger partial charge is 0.335 e. The molecule has 0 aromatic heterocycles. The van der Waals surface area contributed by atoms with Gasteiger partial charge in [-0.15, -0.1) is 0 Å². The second-order valence-electron chi connectivity index (χ2n) is 14.3. The van der Waals surface area contributed by atoms with Crippen molar-refractivity contribution in [1.29, 1.82) is 0 Å². The molecule has 0 aliphatic carbocycles. The average molecular weight is 906 g/mol. The number of phenols is 1. The number of methoxy groups -OCH3 is 1. The summed E-state index contributed by atoms with van der Waals surface area (Å²) in [6.45, 7) is 5.17. The first-order valence-corrected chi connectivity index (χ1v) is 19.8. The number of benzene rings is 5. The van der Waals surface area contributed by atoms with Crippen molar-refractivity contribution in [2.45, 2.75) is 39.0 Å². The highest BCUT2D eigenvalue weighted by molar-refractivity contribution is 6.10. The predicted molar refractivity (Wildman–Crippen MR) is 238 cm³/mol. The number of aromatic carboxylic acids is 1. The standard InChI is InChI=1S/C45H43N7O14/c1-5-65-34-22-27(45(60)61)12-20-32(34)49-43(58)31-19-21-33(37(36(31)53)66-23(2)3)50-41(56)24-6-15-29(16-7-24)48-44(59)38(64-4)35(39(46)54)51-42(57)25-8-13-28(14-9-25)47-40(55)26-10-17-30(18-11-26)52(62)63/h6-23,35,38,53H,5H2,1-4H3,(H2,46,54)(H,47,55)(H,48,59)(H,49,58)(H,50,56)(H,51,57)(H,60,61). The molecule has 0 fully saturated rings. The van der Waals surface area contributed by atoms with Gasteiger partial charge in [-0.3, -0.25) is 38.9 Å². The number of carbonyl (C=O) groups is 7. The molecule has 5 aromatic carbocycles. The summed E-state index contributed by atoms with van der Waals surface area (Å²) < 4.78 is 16.6. The van der Waals surface area contributed by atoms with E-state index in [-0.39, 0.29) is 74.4 Å². The lowest BCUT2D eigenvalue weighted by Gasteiger charge is -2.24. The van der Waals surface area contributed by atoms with Gasteiger partial charge >= 0.3 is 5.97 Å². The average Bonchev–Trinajstić information content (AvgIpc) is 3.28. The second kappa shape index (κ2) is 21.5. The van der Waals surface area contributed by atoms with Crippen molar-refractivity contribution in [3.8, 4) is 17.2 Å². The molecule has 0 aliphatic rings. The maximum Gasteiger partial charge on any atom is 0.335 e. The molecule has 0 saturated carbocycles. The van der Waals surface area contributed by atoms with Crippen LogP contribution in [0.15, 0.2) is 103 Å². The third kappa shape index (κ3) is 12.0. The second-order valence-corrected chi connectivity index (χ2v) is 14.3. The number of nitrogens with one attached hydrogen (secondary N) is 5. The summed E-state index contributed by atoms with van der Waals surface area (Å²) in [5.41, 5.74) is 5.92. The molecule has 5 aromatic rings. The van der Waals surface area contributed by atoms with Gasteiger partial charge in [0.1, 0.15) is 11.8 Å². The number of nitrogens with zero attached hydrogens (tertiary/aromatic N) is 1. The normalized spacial score (nSPS) is 11.6. The minimum atomic E-state index is -1.66. The number of hydrogen-bond acceptors (Lipinski definition) is 13. The zero-order chi connectivity index (χ0) is 48.2. The van der Waals surface area contributed by atoms with Crippen LogP contribution in [0.1, 0.15) is 72.6 Å². The summed E-state index contributed by atoms with van der Waals surface area (Å²) in [4.78, 5) is 100. The largest absolute Gasteiger partial charge is 0.504 e. The number of ether oxygens (including phenoxy) is 3. The molecule has 66 heavy (non-hydrogen) atoms. The lowest BCUT2D eigenvalue weighted by molar-refractivity contribution is -0.384. The zero-order valence-electron chi connectivity index (χ0n) is 35.6. The number of nitrogens with two attached hydrogens (primary N) is 1. The highest BCUT2D eigenvalue weighted by Gasteiger charge is 2.34. The number of carboxylic acid groups (broad SMARTS) is 1. The van der Waals surface area contributed by atoms with Crippen LogP contribution in [-0.2, 0) is 14.3 Å². The van der Waals surface area contributed by atoms with E-state index in [1.54, 1.807) is 20.8 Å². The number of amides is 6. The van der Waals surface area contributed by atoms with Gasteiger partial charge in [-0.05, 0) is 112 Å². The minimum Gasteiger partial charge on any atom is -0.504 e. The molecule has 21 nitrogen and oxygen atoms in total. The fourth-order valence-electron chi connectivity index (χ4n) is 6.10. The molecule has 0 heterocycles. The number of hydrogen-bond donors (Lipinski definition) is 8. The number of primary amides is 1. The van der Waals surface area contributed by atoms with E-state index in [2.05, 4.69) is 26.6 Å². The zero-order valence-corrected chi connectivity index (χ0v) is 35.6. The van der Waals surface area contributed by atoms with Gasteiger partial charge in [0.25, 0.3) is 35.2 Å². The van der Waals surface area contributed by atoms with E-state index < -0.39 is 70.3 Å². The minimum absolute atomic E-state index is 0.00539. The molecule has 0 saturated heterocycles. The Morgan fingerprint density at radius 1 is 0.697 bits per heavy atom. The summed E-state index contributed by atoms with van der Waals surface area (Å²) in [6, 6.07) is 20.6. The first-order chi connectivity index (χ1) is 31.4. The van der Waals surface area contributed by atoms with Gasteiger partial charge in [0, 0.05) is 47.3 Å². The summed E-state index contributed by atoms with van der Waals surface area (Å²) in [5.74, 6) is -6.76. The molecule has 2 unspecified atom stereocenters. The van der Waals surface area contributed by atoms with E-state index in [1.165, 1.54) is 103 Å². The molecule has 6 amide bonds. The number of carbonyl (C=O) groups excluding carboxylic acids is 6. The Labute approximate surface area is 375 Å². The fraction of sp³-hybridized carbons (Fsp3) is 0.178. The van der Waals surface area contributed by atoms with Gasteiger partial charge in [-0.1, -0.05) is 0 Å². The molecule has 0 aliphatic heterocycles. The van der Waals surface area contributed by atoms with Crippen LogP contribution in [-0.4, -0.2) is 88.5 Å². The van der Waals surface area contributed by atoms with Gasteiger partial charge in [-0.2, -0.15) is 0 Å². The maximum atomic E-state index is 13.4. The Hall–Kier alpha value is -8.85. The van der Waals surface area contributed by atoms with Crippen LogP contribution in [0.25, 0.3) is 0 Å². The first-order valence-electron chi connectivity index (χ1n) is 19.8. The Bertz CT molecular complexity index is 2670. The van der Waals surface area contributed by atoms with Crippen LogP contribution in [0.4, 0.5) is 28.4 Å². The van der Waals surface area contributed by atoms with Crippen LogP contribution in [0.2, 0.25) is 0 Å². The number of non-ortho nitro benzene ring substituents is 1. The van der Waals surface area contributed by atoms with E-state index in [1.807, 2.05) is 0 Å². The molecule has 2 atom stereocenters. The number of nitro benzene ring substituents is 1. The number of rotatable bonds is 19. The topological polar surface area (TPSA) is 317 Å². The molecular weight excluding hydrogens is 863 g/mol. The Morgan fingerprint density at radius 2 is 1.21 bits per heavy atom. The van der Waals surface area contributed by atoms with Crippen molar-refractivity contribution >= 4 is 69.8 Å². The molecule has 0 bridgehead atoms. The Morgan fingerprint density at radius 3 is 1.74 bits per heavy atom. The van der Waals surface area contributed by atoms with Gasteiger partial charge < -0.3 is 56.7 Å². The number of aromatic hydroxyl groups is 1. The quantitative estimate of drug-likeness (QED) is 0.0391. The van der Waals surface area contributed by atoms with Crippen LogP contribution in [0, 0.1) is 10.1 Å². The predicted octanol–water partition coefficient (Wildman–Crippen LogP) is 5.18. The molecule has 0 spiro atoms. The maximum absolute atomic E-state index is 13.4. The van der Waals surface area contributed by atoms with Gasteiger partial charge in [0.2, 0.25) is 5.91 Å². The Balaban J connectivity index is 1.22. The molecule has 342 valence electrons. The third-order valence-electron chi connectivity index (χ3n) is 9.32. The molecule has 5 rings (SSSR count).